The number of nitrogens with one attached hydrogen (secondary N) is 1. The Morgan fingerprint density at radius 3 is 2.15 bits per heavy atom. The van der Waals surface area contributed by atoms with Crippen molar-refractivity contribution in [3.05, 3.63) is 102 Å². The van der Waals surface area contributed by atoms with Crippen molar-refractivity contribution in [2.45, 2.75) is 58.3 Å². The quantitative estimate of drug-likeness (QED) is 0.198. The molecule has 2 heterocycles. The van der Waals surface area contributed by atoms with E-state index in [1.165, 1.54) is 48.2 Å². The van der Waals surface area contributed by atoms with Crippen LogP contribution in [0.25, 0.3) is 22.6 Å². The highest BCUT2D eigenvalue weighted by molar-refractivity contribution is 5.89. The highest BCUT2D eigenvalue weighted by atomic mass is 16.3. The molecule has 0 radical (unpaired) electrons. The summed E-state index contributed by atoms with van der Waals surface area (Å²) in [4.78, 5) is 7.23. The van der Waals surface area contributed by atoms with Crippen molar-refractivity contribution in [1.82, 2.24) is 4.98 Å². The average Bonchev–Trinajstić information content (AvgIpc) is 3.39. The normalized spacial score (nSPS) is 13.8. The molecule has 1 N–H and O–H groups in total. The number of aromatic nitrogens is 1. The lowest BCUT2D eigenvalue weighted by molar-refractivity contribution is 0.619. The smallest absolute Gasteiger partial charge is 0.229 e. The summed E-state index contributed by atoms with van der Waals surface area (Å²) in [6.07, 6.45) is 6.22. The molecule has 1 aliphatic heterocycles. The fraction of sp³-hybridized carbons (Fsp3) is 0.286. The summed E-state index contributed by atoms with van der Waals surface area (Å²) in [5.74, 6) is 0.650. The molecule has 4 heteroatoms. The molecule has 39 heavy (non-hydrogen) atoms. The first-order chi connectivity index (χ1) is 19.1. The van der Waals surface area contributed by atoms with Gasteiger partial charge < -0.3 is 14.6 Å². The van der Waals surface area contributed by atoms with Crippen molar-refractivity contribution in [2.75, 3.05) is 16.8 Å². The Morgan fingerprint density at radius 2 is 1.44 bits per heavy atom. The molecular formula is C35H37N3O. The molecule has 4 aromatic carbocycles. The average molecular weight is 516 g/mol. The Labute approximate surface area is 231 Å². The fourth-order valence-corrected chi connectivity index (χ4v) is 5.89. The molecule has 4 nitrogen and oxygen atoms in total. The predicted octanol–water partition coefficient (Wildman–Crippen LogP) is 9.99. The number of para-hydroxylation sites is 4. The van der Waals surface area contributed by atoms with Crippen LogP contribution < -0.4 is 10.2 Å². The minimum Gasteiger partial charge on any atom is -0.436 e. The summed E-state index contributed by atoms with van der Waals surface area (Å²) in [7, 11) is 0. The molecule has 0 saturated carbocycles. The van der Waals surface area contributed by atoms with Crippen molar-refractivity contribution in [1.29, 1.82) is 0 Å². The third-order valence-electron chi connectivity index (χ3n) is 8.02. The fourth-order valence-electron chi connectivity index (χ4n) is 5.89. The molecule has 0 fully saturated rings. The van der Waals surface area contributed by atoms with Gasteiger partial charge in [-0.05, 0) is 60.0 Å². The molecule has 0 amide bonds. The Morgan fingerprint density at radius 1 is 0.769 bits per heavy atom. The van der Waals surface area contributed by atoms with Crippen LogP contribution in [-0.2, 0) is 5.41 Å². The van der Waals surface area contributed by atoms with Crippen LogP contribution in [0.5, 0.6) is 0 Å². The largest absolute Gasteiger partial charge is 0.436 e. The van der Waals surface area contributed by atoms with Gasteiger partial charge in [0, 0.05) is 23.3 Å². The minimum absolute atomic E-state index is 0.0820. The summed E-state index contributed by atoms with van der Waals surface area (Å²) in [6, 6.07) is 32.2. The number of hydrogen-bond donors (Lipinski definition) is 1. The van der Waals surface area contributed by atoms with Crippen LogP contribution >= 0.6 is 0 Å². The van der Waals surface area contributed by atoms with Crippen molar-refractivity contribution < 1.29 is 4.42 Å². The van der Waals surface area contributed by atoms with Crippen molar-refractivity contribution in [2.24, 2.45) is 0 Å². The Balaban J connectivity index is 1.43. The molecular weight excluding hydrogens is 478 g/mol. The van der Waals surface area contributed by atoms with Crippen LogP contribution in [0.1, 0.15) is 64.0 Å². The zero-order valence-electron chi connectivity index (χ0n) is 23.2. The molecule has 0 saturated heterocycles. The van der Waals surface area contributed by atoms with Crippen molar-refractivity contribution in [3.63, 3.8) is 0 Å². The summed E-state index contributed by atoms with van der Waals surface area (Å²) in [5.41, 5.74) is 9.88. The monoisotopic (exact) mass is 515 g/mol. The SMILES string of the molecule is CCCCCCCNc1cc(N2c3ccccc3C(C)(C)c3ccccc32)ccc1-c1nc2ccccc2o1. The third kappa shape index (κ3) is 4.69. The summed E-state index contributed by atoms with van der Waals surface area (Å²) in [6.45, 7) is 7.82. The molecule has 5 aromatic rings. The maximum Gasteiger partial charge on any atom is 0.229 e. The van der Waals surface area contributed by atoms with Gasteiger partial charge >= 0.3 is 0 Å². The molecule has 198 valence electrons. The van der Waals surface area contributed by atoms with Crippen molar-refractivity contribution in [3.8, 4) is 11.5 Å². The molecule has 0 bridgehead atoms. The van der Waals surface area contributed by atoms with Crippen molar-refractivity contribution >= 4 is 33.8 Å². The Bertz CT molecular complexity index is 1520. The highest BCUT2D eigenvalue weighted by Crippen LogP contribution is 2.52. The standard InChI is InChI=1S/C35H37N3O/c1-4-5-6-7-14-23-36-30-24-25(21-22-26(30)34-37-29-17-10-13-20-33(29)39-34)38-31-18-11-8-15-27(31)35(2,3)28-16-9-12-19-32(28)38/h8-13,15-22,24,36H,4-7,14,23H2,1-3H3. The van der Waals surface area contributed by atoms with Crippen LogP contribution in [0.2, 0.25) is 0 Å². The zero-order chi connectivity index (χ0) is 26.8. The molecule has 0 spiro atoms. The van der Waals surface area contributed by atoms with E-state index in [1.54, 1.807) is 0 Å². The van der Waals surface area contributed by atoms with Gasteiger partial charge in [0.25, 0.3) is 0 Å². The molecule has 0 unspecified atom stereocenters. The lowest BCUT2D eigenvalue weighted by Crippen LogP contribution is -2.30. The highest BCUT2D eigenvalue weighted by Gasteiger charge is 2.36. The Hall–Kier alpha value is -4.05. The van der Waals surface area contributed by atoms with E-state index in [0.29, 0.717) is 5.89 Å². The number of unbranched alkanes of at least 4 members (excludes halogenated alkanes) is 4. The first-order valence-electron chi connectivity index (χ1n) is 14.3. The van der Waals surface area contributed by atoms with E-state index in [9.17, 15) is 0 Å². The molecule has 1 aromatic heterocycles. The van der Waals surface area contributed by atoms with Crippen LogP contribution in [0, 0.1) is 0 Å². The van der Waals surface area contributed by atoms with Gasteiger partial charge in [-0.25, -0.2) is 4.98 Å². The lowest BCUT2D eigenvalue weighted by Gasteiger charge is -2.42. The van der Waals surface area contributed by atoms with Gasteiger partial charge in [-0.3, -0.25) is 0 Å². The number of oxazole rings is 1. The molecule has 0 atom stereocenters. The van der Waals surface area contributed by atoms with E-state index < -0.39 is 0 Å². The maximum atomic E-state index is 6.21. The van der Waals surface area contributed by atoms with Gasteiger partial charge in [-0.15, -0.1) is 0 Å². The number of nitrogens with zero attached hydrogens (tertiary/aromatic N) is 2. The van der Waals surface area contributed by atoms with Gasteiger partial charge in [0.1, 0.15) is 5.52 Å². The third-order valence-corrected chi connectivity index (χ3v) is 8.02. The van der Waals surface area contributed by atoms with Gasteiger partial charge in [-0.1, -0.05) is 95.0 Å². The second-order valence-corrected chi connectivity index (χ2v) is 11.1. The van der Waals surface area contributed by atoms with Gasteiger partial charge in [0.15, 0.2) is 5.58 Å². The first-order valence-corrected chi connectivity index (χ1v) is 14.3. The van der Waals surface area contributed by atoms with Gasteiger partial charge in [0.2, 0.25) is 5.89 Å². The maximum absolute atomic E-state index is 6.21. The second-order valence-electron chi connectivity index (χ2n) is 11.1. The van der Waals surface area contributed by atoms with Gasteiger partial charge in [0.05, 0.1) is 16.9 Å². The molecule has 6 rings (SSSR count). The predicted molar refractivity (Wildman–Crippen MR) is 164 cm³/mol. The van der Waals surface area contributed by atoms with Gasteiger partial charge in [-0.2, -0.15) is 0 Å². The van der Waals surface area contributed by atoms with E-state index >= 15 is 0 Å². The summed E-state index contributed by atoms with van der Waals surface area (Å²) >= 11 is 0. The van der Waals surface area contributed by atoms with E-state index in [4.69, 9.17) is 9.40 Å². The Kier molecular flexibility index (Phi) is 6.86. The zero-order valence-corrected chi connectivity index (χ0v) is 23.2. The number of benzene rings is 4. The van der Waals surface area contributed by atoms with E-state index in [2.05, 4.69) is 97.7 Å². The van der Waals surface area contributed by atoms with E-state index in [-0.39, 0.29) is 5.41 Å². The van der Waals surface area contributed by atoms with Crippen LogP contribution in [-0.4, -0.2) is 11.5 Å². The minimum atomic E-state index is -0.0820. The summed E-state index contributed by atoms with van der Waals surface area (Å²) < 4.78 is 6.21. The number of anilines is 4. The molecule has 1 aliphatic rings. The topological polar surface area (TPSA) is 41.3 Å². The number of hydrogen-bond acceptors (Lipinski definition) is 4. The number of rotatable bonds is 9. The van der Waals surface area contributed by atoms with E-state index in [1.807, 2.05) is 24.3 Å². The molecule has 0 aliphatic carbocycles. The number of fused-ring (bicyclic) bond motifs is 3. The second kappa shape index (κ2) is 10.6. The first kappa shape index (κ1) is 25.2. The summed E-state index contributed by atoms with van der Waals surface area (Å²) in [5, 5.41) is 3.75. The van der Waals surface area contributed by atoms with E-state index in [0.717, 1.165) is 41.0 Å². The van der Waals surface area contributed by atoms with Crippen LogP contribution in [0.4, 0.5) is 22.7 Å². The lowest BCUT2D eigenvalue weighted by atomic mass is 9.73. The van der Waals surface area contributed by atoms with Crippen LogP contribution in [0.15, 0.2) is 95.4 Å². The van der Waals surface area contributed by atoms with Crippen LogP contribution in [0.3, 0.4) is 0 Å².